The Hall–Kier alpha value is -2.06. The Balaban J connectivity index is -0.000000152. The Morgan fingerprint density at radius 2 is 0.643 bits per heavy atom. The number of ketones is 3. The fraction of sp³-hybridized carbons (Fsp3) is 0.667. The molecule has 0 rings (SSSR count). The van der Waals surface area contributed by atoms with E-state index in [1.165, 1.54) is 0 Å². The Kier molecular flexibility index (Phi) is 27.5. The molecule has 10 heteroatoms. The maximum Gasteiger partial charge on any atom is 3.00 e. The van der Waals surface area contributed by atoms with E-state index in [9.17, 15) is 44.1 Å². The van der Waals surface area contributed by atoms with Crippen LogP contribution in [0.1, 0.15) is 78.6 Å². The third-order valence-corrected chi connectivity index (χ3v) is 3.01. The van der Waals surface area contributed by atoms with E-state index in [1.807, 2.05) is 0 Å². The predicted molar refractivity (Wildman–Crippen MR) is 88.6 cm³/mol. The van der Waals surface area contributed by atoms with Crippen molar-refractivity contribution < 1.29 is 61.2 Å². The van der Waals surface area contributed by atoms with Gasteiger partial charge in [-0.1, -0.05) is 20.8 Å². The molecule has 28 heavy (non-hydrogen) atoms. The third kappa shape index (κ3) is 35.1. The molecule has 0 N–H and O–H groups in total. The van der Waals surface area contributed by atoms with E-state index in [0.717, 1.165) is 0 Å². The smallest absolute Gasteiger partial charge is 0.550 e. The molecule has 0 saturated heterocycles. The molecule has 0 saturated carbocycles. The normalized spacial score (nSPS) is 8.68. The van der Waals surface area contributed by atoms with Crippen LogP contribution in [0.25, 0.3) is 0 Å². The van der Waals surface area contributed by atoms with Crippen LogP contribution in [0.2, 0.25) is 0 Å². The van der Waals surface area contributed by atoms with Gasteiger partial charge in [0.25, 0.3) is 0 Å². The second-order valence-corrected chi connectivity index (χ2v) is 5.29. The maximum absolute atomic E-state index is 10.4. The van der Waals surface area contributed by atoms with Gasteiger partial charge in [-0.2, -0.15) is 0 Å². The van der Waals surface area contributed by atoms with E-state index in [0.29, 0.717) is 19.3 Å². The minimum absolute atomic E-state index is 0. The van der Waals surface area contributed by atoms with Gasteiger partial charge in [-0.05, 0) is 19.3 Å². The number of carbonyl (C=O) groups is 6. The molecule has 0 spiro atoms. The molecule has 0 fully saturated rings. The second kappa shape index (κ2) is 23.0. The number of Topliss-reactive ketones (excluding diaryl/α,β-unsaturated/α-hetero) is 3. The van der Waals surface area contributed by atoms with Crippen molar-refractivity contribution in [3.05, 3.63) is 0 Å². The van der Waals surface area contributed by atoms with Crippen LogP contribution in [0, 0.1) is 0 Å². The van der Waals surface area contributed by atoms with Crippen LogP contribution in [-0.4, -0.2) is 35.3 Å². The summed E-state index contributed by atoms with van der Waals surface area (Å²) in [4.78, 5) is 60.5. The molecule has 0 aromatic rings. The number of aliphatic carboxylic acids is 3. The summed E-state index contributed by atoms with van der Waals surface area (Å²) in [5.41, 5.74) is 0. The number of hydrogen-bond donors (Lipinski definition) is 0. The molecular formula is C18H27FeO9. The molecule has 0 amide bonds. The van der Waals surface area contributed by atoms with E-state index >= 15 is 0 Å². The molecule has 1 radical (unpaired) electrons. The van der Waals surface area contributed by atoms with Gasteiger partial charge in [0, 0.05) is 56.4 Å². The van der Waals surface area contributed by atoms with Gasteiger partial charge >= 0.3 is 17.1 Å². The van der Waals surface area contributed by atoms with Gasteiger partial charge < -0.3 is 29.7 Å². The van der Waals surface area contributed by atoms with E-state index in [-0.39, 0.29) is 72.9 Å². The molecule has 0 bridgehead atoms. The van der Waals surface area contributed by atoms with Crippen molar-refractivity contribution in [1.82, 2.24) is 0 Å². The molecule has 0 aliphatic rings. The predicted octanol–water partition coefficient (Wildman–Crippen LogP) is -1.52. The average Bonchev–Trinajstić information content (AvgIpc) is 2.62. The van der Waals surface area contributed by atoms with Crippen LogP contribution in [0.3, 0.4) is 0 Å². The average molecular weight is 443 g/mol. The fourth-order valence-corrected chi connectivity index (χ4v) is 1.25. The van der Waals surface area contributed by atoms with Crippen molar-refractivity contribution in [2.75, 3.05) is 0 Å². The first-order valence-corrected chi connectivity index (χ1v) is 8.64. The first kappa shape index (κ1) is 33.5. The number of carboxylic acid groups (broad SMARTS) is 3. The summed E-state index contributed by atoms with van der Waals surface area (Å²) in [7, 11) is 0. The van der Waals surface area contributed by atoms with Crippen molar-refractivity contribution in [2.45, 2.75) is 78.6 Å². The Bertz CT molecular complexity index is 430. The first-order valence-electron chi connectivity index (χ1n) is 8.64. The number of hydrogen-bond acceptors (Lipinski definition) is 9. The Morgan fingerprint density at radius 1 is 0.464 bits per heavy atom. The van der Waals surface area contributed by atoms with Gasteiger partial charge in [0.05, 0.1) is 0 Å². The minimum atomic E-state index is -1.16. The van der Waals surface area contributed by atoms with E-state index < -0.39 is 17.9 Å². The molecule has 9 nitrogen and oxygen atoms in total. The molecule has 0 atom stereocenters. The fourth-order valence-electron chi connectivity index (χ4n) is 1.25. The maximum atomic E-state index is 10.4. The van der Waals surface area contributed by atoms with Crippen LogP contribution in [0.4, 0.5) is 0 Å². The number of rotatable bonds is 12. The zero-order valence-corrected chi connectivity index (χ0v) is 17.5. The minimum Gasteiger partial charge on any atom is -0.550 e. The van der Waals surface area contributed by atoms with Crippen molar-refractivity contribution in [3.63, 3.8) is 0 Å². The van der Waals surface area contributed by atoms with Crippen LogP contribution < -0.4 is 15.3 Å². The van der Waals surface area contributed by atoms with Crippen LogP contribution >= 0.6 is 0 Å². The van der Waals surface area contributed by atoms with Gasteiger partial charge in [0.1, 0.15) is 17.3 Å². The first-order chi connectivity index (χ1) is 12.5. The summed E-state index contributed by atoms with van der Waals surface area (Å²) in [6, 6.07) is 0. The SMILES string of the molecule is CCC(=O)CCC(=O)[O-].CCC(=O)CCC(=O)[O-].CCC(=O)CCC(=O)[O-].[Fe+3]. The molecule has 0 heterocycles. The molecule has 0 aliphatic carbocycles. The Morgan fingerprint density at radius 3 is 0.750 bits per heavy atom. The molecule has 0 aliphatic heterocycles. The topological polar surface area (TPSA) is 172 Å². The van der Waals surface area contributed by atoms with E-state index in [4.69, 9.17) is 0 Å². The quantitative estimate of drug-likeness (QED) is 0.325. The second-order valence-electron chi connectivity index (χ2n) is 5.29. The van der Waals surface area contributed by atoms with Crippen molar-refractivity contribution in [2.24, 2.45) is 0 Å². The summed E-state index contributed by atoms with van der Waals surface area (Å²) in [6.07, 6.45) is 1.12. The summed E-state index contributed by atoms with van der Waals surface area (Å²) >= 11 is 0. The van der Waals surface area contributed by atoms with Crippen LogP contribution in [0.15, 0.2) is 0 Å². The monoisotopic (exact) mass is 443 g/mol. The van der Waals surface area contributed by atoms with Crippen LogP contribution in [-0.2, 0) is 45.8 Å². The standard InChI is InChI=1S/3C6H10O3.Fe/c3*1-2-5(7)3-4-6(8)9;/h3*2-4H2,1H3,(H,8,9);/q;;;+3/p-3. The largest absolute Gasteiger partial charge is 3.00 e. The molecule has 161 valence electrons. The molecular weight excluding hydrogens is 416 g/mol. The van der Waals surface area contributed by atoms with Crippen molar-refractivity contribution >= 4 is 35.3 Å². The summed E-state index contributed by atoms with van der Waals surface area (Å²) in [6.45, 7) is 5.12. The van der Waals surface area contributed by atoms with Gasteiger partial charge in [-0.15, -0.1) is 0 Å². The van der Waals surface area contributed by atoms with E-state index in [2.05, 4.69) is 0 Å². The number of carboxylic acids is 3. The van der Waals surface area contributed by atoms with Gasteiger partial charge in [0.2, 0.25) is 0 Å². The zero-order chi connectivity index (χ0) is 21.8. The Labute approximate surface area is 175 Å². The van der Waals surface area contributed by atoms with Gasteiger partial charge in [-0.25, -0.2) is 0 Å². The van der Waals surface area contributed by atoms with Crippen molar-refractivity contribution in [3.8, 4) is 0 Å². The summed E-state index contributed by atoms with van der Waals surface area (Å²) < 4.78 is 0. The molecule has 0 aromatic carbocycles. The molecule has 0 aromatic heterocycles. The third-order valence-electron chi connectivity index (χ3n) is 3.01. The number of carbonyl (C=O) groups excluding carboxylic acids is 6. The van der Waals surface area contributed by atoms with Crippen LogP contribution in [0.5, 0.6) is 0 Å². The molecule has 0 unspecified atom stereocenters. The summed E-state index contributed by atoms with van der Waals surface area (Å²) in [5, 5.41) is 29.3. The van der Waals surface area contributed by atoms with Gasteiger partial charge in [-0.3, -0.25) is 14.4 Å². The van der Waals surface area contributed by atoms with Crippen molar-refractivity contribution in [1.29, 1.82) is 0 Å². The zero-order valence-electron chi connectivity index (χ0n) is 16.4. The summed E-state index contributed by atoms with van der Waals surface area (Å²) in [5.74, 6) is -3.55. The van der Waals surface area contributed by atoms with E-state index in [1.54, 1.807) is 20.8 Å². The van der Waals surface area contributed by atoms with Gasteiger partial charge in [0.15, 0.2) is 0 Å².